The highest BCUT2D eigenvalue weighted by molar-refractivity contribution is 6.09. The standard InChI is InChI=1S/C24H32N2O3/c1-5-12-26-20-10-8-7-9-19(20)24(23(26)28)11-13-25-15-17(6-2)18(14-21(24)25)16(3)22(27)29-4/h7-10,17-18,21H,3,5-6,11-15H2,1-2,4H3/t17-,18-,21+,24-/m1/s1. The Labute approximate surface area is 173 Å². The van der Waals surface area contributed by atoms with E-state index in [1.807, 2.05) is 11.0 Å². The molecule has 0 bridgehead atoms. The van der Waals surface area contributed by atoms with E-state index >= 15 is 0 Å². The Balaban J connectivity index is 1.74. The highest BCUT2D eigenvalue weighted by atomic mass is 16.5. The molecule has 1 amide bonds. The van der Waals surface area contributed by atoms with E-state index in [0.29, 0.717) is 11.5 Å². The molecule has 4 atom stereocenters. The van der Waals surface area contributed by atoms with Crippen LogP contribution < -0.4 is 4.90 Å². The van der Waals surface area contributed by atoms with E-state index in [1.54, 1.807) is 0 Å². The van der Waals surface area contributed by atoms with Crippen LogP contribution in [0.2, 0.25) is 0 Å². The first-order valence-corrected chi connectivity index (χ1v) is 10.9. The molecule has 0 aromatic heterocycles. The first kappa shape index (κ1) is 20.1. The zero-order valence-corrected chi connectivity index (χ0v) is 17.8. The van der Waals surface area contributed by atoms with Crippen LogP contribution in [0.4, 0.5) is 5.69 Å². The van der Waals surface area contributed by atoms with Gasteiger partial charge in [-0.2, -0.15) is 0 Å². The lowest BCUT2D eigenvalue weighted by Gasteiger charge is -2.45. The third kappa shape index (κ3) is 2.85. The van der Waals surface area contributed by atoms with Crippen LogP contribution in [0.3, 0.4) is 0 Å². The number of carbonyl (C=O) groups excluding carboxylic acids is 2. The average molecular weight is 397 g/mol. The molecule has 3 aliphatic rings. The summed E-state index contributed by atoms with van der Waals surface area (Å²) in [4.78, 5) is 30.6. The fraction of sp³-hybridized carbons (Fsp3) is 0.583. The van der Waals surface area contributed by atoms with Crippen LogP contribution in [-0.4, -0.2) is 49.6 Å². The summed E-state index contributed by atoms with van der Waals surface area (Å²) in [5.74, 6) is 0.348. The van der Waals surface area contributed by atoms with Gasteiger partial charge in [0.15, 0.2) is 0 Å². The Hall–Kier alpha value is -2.14. The lowest BCUT2D eigenvalue weighted by molar-refractivity contribution is -0.137. The van der Waals surface area contributed by atoms with Crippen molar-refractivity contribution < 1.29 is 14.3 Å². The average Bonchev–Trinajstić information content (AvgIpc) is 3.24. The molecule has 2 fully saturated rings. The molecule has 1 spiro atoms. The van der Waals surface area contributed by atoms with E-state index in [1.165, 1.54) is 12.7 Å². The molecule has 5 nitrogen and oxygen atoms in total. The maximum atomic E-state index is 13.8. The number of para-hydroxylation sites is 1. The topological polar surface area (TPSA) is 49.9 Å². The summed E-state index contributed by atoms with van der Waals surface area (Å²) in [7, 11) is 1.42. The second kappa shape index (κ2) is 7.60. The van der Waals surface area contributed by atoms with Crippen LogP contribution >= 0.6 is 0 Å². The number of esters is 1. The first-order chi connectivity index (χ1) is 14.0. The Bertz CT molecular complexity index is 835. The number of fused-ring (bicyclic) bond motifs is 4. The molecule has 5 heteroatoms. The summed E-state index contributed by atoms with van der Waals surface area (Å²) in [6, 6.07) is 8.41. The molecular formula is C24H32N2O3. The number of benzene rings is 1. The van der Waals surface area contributed by atoms with E-state index in [4.69, 9.17) is 4.74 Å². The van der Waals surface area contributed by atoms with Crippen molar-refractivity contribution in [2.75, 3.05) is 31.6 Å². The van der Waals surface area contributed by atoms with Gasteiger partial charge in [0, 0.05) is 30.4 Å². The van der Waals surface area contributed by atoms with E-state index in [9.17, 15) is 9.59 Å². The molecule has 0 unspecified atom stereocenters. The summed E-state index contributed by atoms with van der Waals surface area (Å²) in [5.41, 5.74) is 2.30. The number of nitrogens with zero attached hydrogens (tertiary/aromatic N) is 2. The number of ether oxygens (including phenoxy) is 1. The van der Waals surface area contributed by atoms with Crippen LogP contribution in [0.1, 0.15) is 45.1 Å². The highest BCUT2D eigenvalue weighted by Crippen LogP contribution is 2.54. The van der Waals surface area contributed by atoms with Gasteiger partial charge in [-0.25, -0.2) is 4.79 Å². The monoisotopic (exact) mass is 396 g/mol. The molecule has 0 saturated carbocycles. The molecule has 156 valence electrons. The fourth-order valence-electron chi connectivity index (χ4n) is 6.07. The Morgan fingerprint density at radius 1 is 1.31 bits per heavy atom. The summed E-state index contributed by atoms with van der Waals surface area (Å²) < 4.78 is 4.99. The van der Waals surface area contributed by atoms with Gasteiger partial charge in [-0.15, -0.1) is 0 Å². The van der Waals surface area contributed by atoms with Crippen molar-refractivity contribution in [2.45, 2.75) is 51.0 Å². The second-order valence-electron chi connectivity index (χ2n) is 8.73. The molecule has 2 saturated heterocycles. The molecule has 4 rings (SSSR count). The molecule has 3 heterocycles. The SMILES string of the molecule is C=C(C(=O)OC)[C@H]1C[C@@H]2N(CC[C@]23C(=O)N(CCC)c2ccccc23)C[C@H]1CC. The molecule has 0 N–H and O–H groups in total. The van der Waals surface area contributed by atoms with Gasteiger partial charge in [0.25, 0.3) is 0 Å². The van der Waals surface area contributed by atoms with Gasteiger partial charge in [0.1, 0.15) is 0 Å². The quantitative estimate of drug-likeness (QED) is 0.564. The normalized spacial score (nSPS) is 31.1. The van der Waals surface area contributed by atoms with E-state index in [-0.39, 0.29) is 23.8 Å². The summed E-state index contributed by atoms with van der Waals surface area (Å²) in [5, 5.41) is 0. The fourth-order valence-corrected chi connectivity index (χ4v) is 6.07. The van der Waals surface area contributed by atoms with Gasteiger partial charge in [0.2, 0.25) is 5.91 Å². The Morgan fingerprint density at radius 2 is 2.07 bits per heavy atom. The molecule has 0 radical (unpaired) electrons. The van der Waals surface area contributed by atoms with Crippen molar-refractivity contribution in [1.82, 2.24) is 4.90 Å². The second-order valence-corrected chi connectivity index (χ2v) is 8.73. The predicted molar refractivity (Wildman–Crippen MR) is 114 cm³/mol. The van der Waals surface area contributed by atoms with E-state index < -0.39 is 5.41 Å². The van der Waals surface area contributed by atoms with Crippen molar-refractivity contribution in [3.05, 3.63) is 42.0 Å². The van der Waals surface area contributed by atoms with Gasteiger partial charge in [0.05, 0.1) is 12.5 Å². The minimum absolute atomic E-state index is 0.0591. The lowest BCUT2D eigenvalue weighted by Crippen LogP contribution is -2.55. The predicted octanol–water partition coefficient (Wildman–Crippen LogP) is 3.53. The molecule has 29 heavy (non-hydrogen) atoms. The first-order valence-electron chi connectivity index (χ1n) is 10.9. The summed E-state index contributed by atoms with van der Waals surface area (Å²) >= 11 is 0. The largest absolute Gasteiger partial charge is 0.466 e. The smallest absolute Gasteiger partial charge is 0.333 e. The molecular weight excluding hydrogens is 364 g/mol. The van der Waals surface area contributed by atoms with Crippen molar-refractivity contribution >= 4 is 17.6 Å². The minimum Gasteiger partial charge on any atom is -0.466 e. The maximum absolute atomic E-state index is 13.8. The number of methoxy groups -OCH3 is 1. The third-order valence-electron chi connectivity index (χ3n) is 7.49. The van der Waals surface area contributed by atoms with E-state index in [2.05, 4.69) is 43.5 Å². The van der Waals surface area contributed by atoms with Crippen molar-refractivity contribution in [3.63, 3.8) is 0 Å². The number of rotatable bonds is 5. The number of piperidine rings is 1. The van der Waals surface area contributed by atoms with Crippen LogP contribution in [-0.2, 0) is 19.7 Å². The summed E-state index contributed by atoms with van der Waals surface area (Å²) in [6.07, 6.45) is 3.56. The zero-order chi connectivity index (χ0) is 20.8. The maximum Gasteiger partial charge on any atom is 0.333 e. The van der Waals surface area contributed by atoms with Crippen molar-refractivity contribution in [2.24, 2.45) is 11.8 Å². The third-order valence-corrected chi connectivity index (χ3v) is 7.49. The molecule has 1 aromatic rings. The Morgan fingerprint density at radius 3 is 2.76 bits per heavy atom. The van der Waals surface area contributed by atoms with Crippen molar-refractivity contribution in [3.8, 4) is 0 Å². The number of anilines is 1. The van der Waals surface area contributed by atoms with Crippen molar-refractivity contribution in [1.29, 1.82) is 0 Å². The van der Waals surface area contributed by atoms with Crippen LogP contribution in [0.25, 0.3) is 0 Å². The highest BCUT2D eigenvalue weighted by Gasteiger charge is 2.61. The van der Waals surface area contributed by atoms with E-state index in [0.717, 1.165) is 51.0 Å². The molecule has 1 aromatic carbocycles. The minimum atomic E-state index is -0.501. The van der Waals surface area contributed by atoms with Gasteiger partial charge in [-0.3, -0.25) is 9.69 Å². The van der Waals surface area contributed by atoms with Gasteiger partial charge < -0.3 is 9.64 Å². The zero-order valence-electron chi connectivity index (χ0n) is 17.8. The molecule has 3 aliphatic heterocycles. The van der Waals surface area contributed by atoms with Crippen LogP contribution in [0.5, 0.6) is 0 Å². The number of carbonyl (C=O) groups is 2. The van der Waals surface area contributed by atoms with Gasteiger partial charge in [-0.05, 0) is 49.3 Å². The number of hydrogen-bond donors (Lipinski definition) is 0. The summed E-state index contributed by atoms with van der Waals surface area (Å²) in [6.45, 7) is 11.0. The van der Waals surface area contributed by atoms with Gasteiger partial charge in [-0.1, -0.05) is 45.0 Å². The Kier molecular flexibility index (Phi) is 5.28. The van der Waals surface area contributed by atoms with Gasteiger partial charge >= 0.3 is 5.97 Å². The molecule has 0 aliphatic carbocycles. The number of amides is 1. The van der Waals surface area contributed by atoms with Crippen LogP contribution in [0, 0.1) is 11.8 Å². The lowest BCUT2D eigenvalue weighted by atomic mass is 9.67. The number of hydrogen-bond acceptors (Lipinski definition) is 4. The van der Waals surface area contributed by atoms with Crippen LogP contribution in [0.15, 0.2) is 36.4 Å².